The minimum atomic E-state index is -0.533. The summed E-state index contributed by atoms with van der Waals surface area (Å²) in [5, 5.41) is 14.3. The zero-order valence-corrected chi connectivity index (χ0v) is 12.5. The van der Waals surface area contributed by atoms with Crippen molar-refractivity contribution < 1.29 is 9.66 Å². The third-order valence-electron chi connectivity index (χ3n) is 2.73. The number of nitrogens with zero attached hydrogens (tertiary/aromatic N) is 2. The Morgan fingerprint density at radius 1 is 1.38 bits per heavy atom. The first-order valence-electron chi connectivity index (χ1n) is 5.88. The van der Waals surface area contributed by atoms with E-state index >= 15 is 0 Å². The smallest absolute Gasteiger partial charge is 0.276 e. The van der Waals surface area contributed by atoms with Crippen LogP contribution in [0.4, 0.5) is 11.5 Å². The van der Waals surface area contributed by atoms with Gasteiger partial charge in [0.25, 0.3) is 5.69 Å². The molecule has 1 aromatic carbocycles. The van der Waals surface area contributed by atoms with Gasteiger partial charge in [-0.05, 0) is 12.1 Å². The minimum Gasteiger partial charge on any atom is -0.496 e. The fourth-order valence-corrected chi connectivity index (χ4v) is 2.20. The van der Waals surface area contributed by atoms with E-state index in [0.717, 1.165) is 5.56 Å². The first-order chi connectivity index (χ1) is 10.0. The summed E-state index contributed by atoms with van der Waals surface area (Å²) < 4.78 is 5.22. The number of aromatic nitrogens is 1. The quantitative estimate of drug-likeness (QED) is 0.511. The molecule has 0 saturated carbocycles. The lowest BCUT2D eigenvalue weighted by molar-refractivity contribution is -0.384. The van der Waals surface area contributed by atoms with Crippen molar-refractivity contribution in [3.63, 3.8) is 0 Å². The number of halogens is 2. The average molecular weight is 328 g/mol. The average Bonchev–Trinajstić information content (AvgIpc) is 2.45. The predicted octanol–water partition coefficient (Wildman–Crippen LogP) is 3.92. The van der Waals surface area contributed by atoms with E-state index in [4.69, 9.17) is 27.9 Å². The summed E-state index contributed by atoms with van der Waals surface area (Å²) in [6.07, 6.45) is 0. The van der Waals surface area contributed by atoms with Crippen LogP contribution in [0.3, 0.4) is 0 Å². The molecule has 21 heavy (non-hydrogen) atoms. The molecule has 2 aromatic rings. The van der Waals surface area contributed by atoms with E-state index in [1.165, 1.54) is 19.2 Å². The maximum absolute atomic E-state index is 10.8. The van der Waals surface area contributed by atoms with Crippen LogP contribution in [0.5, 0.6) is 5.75 Å². The molecule has 1 N–H and O–H groups in total. The van der Waals surface area contributed by atoms with E-state index in [1.807, 2.05) is 0 Å². The van der Waals surface area contributed by atoms with Crippen molar-refractivity contribution in [3.05, 3.63) is 56.2 Å². The second kappa shape index (κ2) is 6.60. The van der Waals surface area contributed by atoms with Crippen LogP contribution in [0.1, 0.15) is 5.56 Å². The van der Waals surface area contributed by atoms with Gasteiger partial charge in [-0.3, -0.25) is 10.1 Å². The molecule has 0 aliphatic carbocycles. The molecule has 1 heterocycles. The molecule has 8 heteroatoms. The highest BCUT2D eigenvalue weighted by Gasteiger charge is 2.12. The van der Waals surface area contributed by atoms with Crippen molar-refractivity contribution in [1.29, 1.82) is 0 Å². The summed E-state index contributed by atoms with van der Waals surface area (Å²) in [7, 11) is 1.54. The highest BCUT2D eigenvalue weighted by Crippen LogP contribution is 2.27. The van der Waals surface area contributed by atoms with Gasteiger partial charge in [0, 0.05) is 17.1 Å². The van der Waals surface area contributed by atoms with Crippen molar-refractivity contribution in [2.24, 2.45) is 0 Å². The molecule has 0 atom stereocenters. The molecule has 6 nitrogen and oxygen atoms in total. The lowest BCUT2D eigenvalue weighted by atomic mass is 10.2. The fraction of sp³-hybridized carbons (Fsp3) is 0.154. The lowest BCUT2D eigenvalue weighted by Crippen LogP contribution is -2.04. The number of anilines is 1. The Balaban J connectivity index is 2.23. The van der Waals surface area contributed by atoms with Crippen LogP contribution in [0, 0.1) is 10.1 Å². The minimum absolute atomic E-state index is 0.0397. The molecule has 0 aliphatic rings. The van der Waals surface area contributed by atoms with Crippen molar-refractivity contribution in [2.75, 3.05) is 12.4 Å². The van der Waals surface area contributed by atoms with E-state index in [2.05, 4.69) is 10.3 Å². The molecule has 0 amide bonds. The van der Waals surface area contributed by atoms with Gasteiger partial charge in [-0.1, -0.05) is 29.3 Å². The van der Waals surface area contributed by atoms with Gasteiger partial charge in [-0.25, -0.2) is 4.98 Å². The van der Waals surface area contributed by atoms with E-state index in [9.17, 15) is 10.1 Å². The largest absolute Gasteiger partial charge is 0.496 e. The number of nitro groups is 1. The van der Waals surface area contributed by atoms with E-state index in [-0.39, 0.29) is 16.7 Å². The van der Waals surface area contributed by atoms with Gasteiger partial charge in [0.2, 0.25) is 0 Å². The Kier molecular flexibility index (Phi) is 4.82. The Bertz CT molecular complexity index is 680. The van der Waals surface area contributed by atoms with Gasteiger partial charge >= 0.3 is 0 Å². The number of hydrogen-bond donors (Lipinski definition) is 1. The standard InChI is InChI=1S/C13H11Cl2N3O3/c1-21-11-4-2-3-10(14)9(11)7-16-13-6-8(18(19)20)5-12(15)17-13/h2-6H,7H2,1H3,(H,16,17). The molecule has 0 saturated heterocycles. The highest BCUT2D eigenvalue weighted by molar-refractivity contribution is 6.31. The van der Waals surface area contributed by atoms with Crippen LogP contribution in [-0.2, 0) is 6.54 Å². The molecule has 0 radical (unpaired) electrons. The fourth-order valence-electron chi connectivity index (χ4n) is 1.76. The number of methoxy groups -OCH3 is 1. The molecule has 0 aliphatic heterocycles. The monoisotopic (exact) mass is 327 g/mol. The summed E-state index contributed by atoms with van der Waals surface area (Å²) in [6.45, 7) is 0.299. The van der Waals surface area contributed by atoms with Crippen LogP contribution >= 0.6 is 23.2 Å². The maximum atomic E-state index is 10.8. The zero-order chi connectivity index (χ0) is 15.4. The van der Waals surface area contributed by atoms with Crippen LogP contribution in [0.2, 0.25) is 10.2 Å². The van der Waals surface area contributed by atoms with Gasteiger partial charge < -0.3 is 10.1 Å². The summed E-state index contributed by atoms with van der Waals surface area (Å²) >= 11 is 11.9. The van der Waals surface area contributed by atoms with E-state index in [1.54, 1.807) is 18.2 Å². The molecular weight excluding hydrogens is 317 g/mol. The Morgan fingerprint density at radius 2 is 2.14 bits per heavy atom. The van der Waals surface area contributed by atoms with E-state index in [0.29, 0.717) is 17.3 Å². The Morgan fingerprint density at radius 3 is 2.81 bits per heavy atom. The number of nitrogens with one attached hydrogen (secondary N) is 1. The molecule has 0 unspecified atom stereocenters. The maximum Gasteiger partial charge on any atom is 0.276 e. The second-order valence-electron chi connectivity index (χ2n) is 4.06. The van der Waals surface area contributed by atoms with Gasteiger partial charge in [0.1, 0.15) is 16.7 Å². The summed E-state index contributed by atoms with van der Waals surface area (Å²) in [5.74, 6) is 0.905. The molecule has 1 aromatic heterocycles. The zero-order valence-electron chi connectivity index (χ0n) is 11.0. The number of hydrogen-bond acceptors (Lipinski definition) is 5. The van der Waals surface area contributed by atoms with Crippen LogP contribution in [0.15, 0.2) is 30.3 Å². The molecule has 0 fully saturated rings. The van der Waals surface area contributed by atoms with Crippen molar-refractivity contribution in [1.82, 2.24) is 4.98 Å². The molecule has 0 bridgehead atoms. The lowest BCUT2D eigenvalue weighted by Gasteiger charge is -2.11. The van der Waals surface area contributed by atoms with Gasteiger partial charge in [0.05, 0.1) is 24.2 Å². The predicted molar refractivity (Wildman–Crippen MR) is 81.2 cm³/mol. The summed E-state index contributed by atoms with van der Waals surface area (Å²) in [6, 6.07) is 7.76. The topological polar surface area (TPSA) is 77.3 Å². The van der Waals surface area contributed by atoms with Crippen molar-refractivity contribution in [3.8, 4) is 5.75 Å². The Labute approximate surface area is 130 Å². The van der Waals surface area contributed by atoms with Crippen LogP contribution in [-0.4, -0.2) is 17.0 Å². The van der Waals surface area contributed by atoms with Crippen molar-refractivity contribution in [2.45, 2.75) is 6.54 Å². The van der Waals surface area contributed by atoms with Crippen LogP contribution in [0.25, 0.3) is 0 Å². The number of pyridine rings is 1. The van der Waals surface area contributed by atoms with Gasteiger partial charge in [-0.15, -0.1) is 0 Å². The summed E-state index contributed by atoms with van der Waals surface area (Å²) in [5.41, 5.74) is 0.592. The van der Waals surface area contributed by atoms with E-state index < -0.39 is 4.92 Å². The molecule has 2 rings (SSSR count). The summed E-state index contributed by atoms with van der Waals surface area (Å²) in [4.78, 5) is 14.2. The molecular formula is C13H11Cl2N3O3. The number of benzene rings is 1. The molecule has 0 spiro atoms. The van der Waals surface area contributed by atoms with Crippen molar-refractivity contribution >= 4 is 34.7 Å². The van der Waals surface area contributed by atoms with Crippen LogP contribution < -0.4 is 10.1 Å². The second-order valence-corrected chi connectivity index (χ2v) is 4.86. The van der Waals surface area contributed by atoms with Gasteiger partial charge in [0.15, 0.2) is 0 Å². The molecule has 110 valence electrons. The van der Waals surface area contributed by atoms with Gasteiger partial charge in [-0.2, -0.15) is 0 Å². The Hall–Kier alpha value is -2.05. The first-order valence-corrected chi connectivity index (χ1v) is 6.64. The number of rotatable bonds is 5. The third-order valence-corrected chi connectivity index (χ3v) is 3.28. The third kappa shape index (κ3) is 3.74. The highest BCUT2D eigenvalue weighted by atomic mass is 35.5. The SMILES string of the molecule is COc1cccc(Cl)c1CNc1cc([N+](=O)[O-])cc(Cl)n1. The first kappa shape index (κ1) is 15.3. The number of ether oxygens (including phenoxy) is 1. The normalized spacial score (nSPS) is 10.2.